The fourth-order valence-electron chi connectivity index (χ4n) is 3.04. The molecule has 0 aliphatic heterocycles. The Morgan fingerprint density at radius 1 is 1.03 bits per heavy atom. The molecule has 0 spiro atoms. The van der Waals surface area contributed by atoms with E-state index in [2.05, 4.69) is 25.7 Å². The third-order valence-corrected chi connectivity index (χ3v) is 4.66. The standard InChI is InChI=1S/C23H22N6O2/c1-31-21-8-6-19(7-9-21)23(30)28-20-4-2-3-17(11-20)12-24-13-18-5-10-22(26-14-18)29-16-25-15-27-29/h2-11,14-16,24H,12-13H2,1H3,(H,28,30). The minimum atomic E-state index is -0.161. The normalized spacial score (nSPS) is 10.6. The van der Waals surface area contributed by atoms with Crippen molar-refractivity contribution in [3.05, 3.63) is 96.2 Å². The van der Waals surface area contributed by atoms with Crippen molar-refractivity contribution >= 4 is 11.6 Å². The molecule has 8 heteroatoms. The number of amides is 1. The van der Waals surface area contributed by atoms with E-state index in [0.29, 0.717) is 24.4 Å². The van der Waals surface area contributed by atoms with Gasteiger partial charge in [0.05, 0.1) is 7.11 Å². The number of rotatable bonds is 8. The van der Waals surface area contributed by atoms with Gasteiger partial charge >= 0.3 is 0 Å². The van der Waals surface area contributed by atoms with Gasteiger partial charge in [-0.1, -0.05) is 18.2 Å². The third-order valence-electron chi connectivity index (χ3n) is 4.66. The summed E-state index contributed by atoms with van der Waals surface area (Å²) in [7, 11) is 1.60. The van der Waals surface area contributed by atoms with Crippen molar-refractivity contribution in [2.24, 2.45) is 0 Å². The van der Waals surface area contributed by atoms with Crippen LogP contribution >= 0.6 is 0 Å². The molecule has 1 amide bonds. The molecule has 2 aromatic carbocycles. The fourth-order valence-corrected chi connectivity index (χ4v) is 3.04. The van der Waals surface area contributed by atoms with Crippen LogP contribution < -0.4 is 15.4 Å². The summed E-state index contributed by atoms with van der Waals surface area (Å²) in [6.45, 7) is 1.34. The number of nitrogens with one attached hydrogen (secondary N) is 2. The van der Waals surface area contributed by atoms with Gasteiger partial charge in [-0.25, -0.2) is 14.6 Å². The SMILES string of the molecule is COc1ccc(C(=O)Nc2cccc(CNCc3ccc(-n4cncn4)nc3)c2)cc1. The van der Waals surface area contributed by atoms with E-state index in [9.17, 15) is 4.79 Å². The van der Waals surface area contributed by atoms with Gasteiger partial charge < -0.3 is 15.4 Å². The second-order valence-electron chi connectivity index (χ2n) is 6.85. The number of benzene rings is 2. The van der Waals surface area contributed by atoms with Gasteiger partial charge in [-0.2, -0.15) is 5.10 Å². The minimum Gasteiger partial charge on any atom is -0.497 e. The van der Waals surface area contributed by atoms with Gasteiger partial charge in [0, 0.05) is 30.5 Å². The summed E-state index contributed by atoms with van der Waals surface area (Å²) in [5.41, 5.74) is 3.46. The van der Waals surface area contributed by atoms with Crippen LogP contribution in [0.5, 0.6) is 5.75 Å². The summed E-state index contributed by atoms with van der Waals surface area (Å²) in [5.74, 6) is 1.28. The molecule has 156 valence electrons. The van der Waals surface area contributed by atoms with Crippen molar-refractivity contribution < 1.29 is 9.53 Å². The number of pyridine rings is 1. The monoisotopic (exact) mass is 414 g/mol. The van der Waals surface area contributed by atoms with Gasteiger partial charge in [-0.05, 0) is 53.6 Å². The molecular weight excluding hydrogens is 392 g/mol. The average molecular weight is 414 g/mol. The molecule has 0 fully saturated rings. The van der Waals surface area contributed by atoms with Crippen LogP contribution in [-0.2, 0) is 13.1 Å². The molecule has 2 heterocycles. The Labute approximate surface area is 179 Å². The molecular formula is C23H22N6O2. The van der Waals surface area contributed by atoms with Crippen molar-refractivity contribution in [3.63, 3.8) is 0 Å². The third kappa shape index (κ3) is 5.31. The first-order valence-corrected chi connectivity index (χ1v) is 9.76. The van der Waals surface area contributed by atoms with Gasteiger partial charge in [-0.15, -0.1) is 0 Å². The number of methoxy groups -OCH3 is 1. The minimum absolute atomic E-state index is 0.161. The van der Waals surface area contributed by atoms with Crippen LogP contribution in [0.3, 0.4) is 0 Å². The largest absolute Gasteiger partial charge is 0.497 e. The number of anilines is 1. The Morgan fingerprint density at radius 3 is 2.58 bits per heavy atom. The molecule has 31 heavy (non-hydrogen) atoms. The van der Waals surface area contributed by atoms with E-state index in [1.165, 1.54) is 6.33 Å². The maximum absolute atomic E-state index is 12.5. The number of ether oxygens (including phenoxy) is 1. The molecule has 0 radical (unpaired) electrons. The fraction of sp³-hybridized carbons (Fsp3) is 0.130. The first-order chi connectivity index (χ1) is 15.2. The quantitative estimate of drug-likeness (QED) is 0.460. The molecule has 0 saturated heterocycles. The van der Waals surface area contributed by atoms with Gasteiger partial charge in [0.25, 0.3) is 5.91 Å². The number of hydrogen-bond acceptors (Lipinski definition) is 6. The van der Waals surface area contributed by atoms with E-state index in [1.54, 1.807) is 42.4 Å². The highest BCUT2D eigenvalue weighted by Gasteiger charge is 2.07. The predicted octanol–water partition coefficient (Wildman–Crippen LogP) is 3.21. The molecule has 0 aliphatic rings. The van der Waals surface area contributed by atoms with E-state index in [1.807, 2.05) is 42.6 Å². The molecule has 0 unspecified atom stereocenters. The smallest absolute Gasteiger partial charge is 0.255 e. The Bertz CT molecular complexity index is 1130. The van der Waals surface area contributed by atoms with Crippen LogP contribution in [0.25, 0.3) is 5.82 Å². The Kier molecular flexibility index (Phi) is 6.29. The van der Waals surface area contributed by atoms with E-state index >= 15 is 0 Å². The zero-order valence-corrected chi connectivity index (χ0v) is 17.0. The van der Waals surface area contributed by atoms with Crippen LogP contribution in [-0.4, -0.2) is 32.8 Å². The topological polar surface area (TPSA) is 94.0 Å². The molecule has 0 bridgehead atoms. The summed E-state index contributed by atoms with van der Waals surface area (Å²) < 4.78 is 6.74. The molecule has 8 nitrogen and oxygen atoms in total. The van der Waals surface area contributed by atoms with E-state index in [0.717, 1.165) is 22.6 Å². The van der Waals surface area contributed by atoms with Crippen LogP contribution in [0, 0.1) is 0 Å². The lowest BCUT2D eigenvalue weighted by atomic mass is 10.1. The summed E-state index contributed by atoms with van der Waals surface area (Å²) in [6.07, 6.45) is 4.90. The van der Waals surface area contributed by atoms with E-state index in [-0.39, 0.29) is 5.91 Å². The second-order valence-corrected chi connectivity index (χ2v) is 6.85. The summed E-state index contributed by atoms with van der Waals surface area (Å²) in [5, 5.41) is 10.4. The van der Waals surface area contributed by atoms with E-state index < -0.39 is 0 Å². The Hall–Kier alpha value is -4.04. The molecule has 4 aromatic rings. The summed E-state index contributed by atoms with van der Waals surface area (Å²) >= 11 is 0. The van der Waals surface area contributed by atoms with Gasteiger partial charge in [-0.3, -0.25) is 4.79 Å². The van der Waals surface area contributed by atoms with Crippen LogP contribution in [0.2, 0.25) is 0 Å². The highest BCUT2D eigenvalue weighted by Crippen LogP contribution is 2.15. The lowest BCUT2D eigenvalue weighted by molar-refractivity contribution is 0.102. The first-order valence-electron chi connectivity index (χ1n) is 9.76. The van der Waals surface area contributed by atoms with Gasteiger partial charge in [0.2, 0.25) is 0 Å². The average Bonchev–Trinajstić information content (AvgIpc) is 3.35. The van der Waals surface area contributed by atoms with Gasteiger partial charge in [0.1, 0.15) is 18.4 Å². The highest BCUT2D eigenvalue weighted by molar-refractivity contribution is 6.04. The molecule has 2 N–H and O–H groups in total. The maximum atomic E-state index is 12.5. The zero-order valence-electron chi connectivity index (χ0n) is 17.0. The molecule has 0 saturated carbocycles. The van der Waals surface area contributed by atoms with E-state index in [4.69, 9.17) is 4.74 Å². The van der Waals surface area contributed by atoms with Crippen molar-refractivity contribution in [2.45, 2.75) is 13.1 Å². The lowest BCUT2D eigenvalue weighted by Gasteiger charge is -2.09. The van der Waals surface area contributed by atoms with Crippen LogP contribution in [0.4, 0.5) is 5.69 Å². The maximum Gasteiger partial charge on any atom is 0.255 e. The van der Waals surface area contributed by atoms with Crippen molar-refractivity contribution in [2.75, 3.05) is 12.4 Å². The van der Waals surface area contributed by atoms with Crippen molar-refractivity contribution in [1.82, 2.24) is 25.1 Å². The molecule has 0 atom stereocenters. The second kappa shape index (κ2) is 9.64. The van der Waals surface area contributed by atoms with Crippen LogP contribution in [0.15, 0.2) is 79.5 Å². The van der Waals surface area contributed by atoms with Crippen molar-refractivity contribution in [1.29, 1.82) is 0 Å². The Balaban J connectivity index is 1.30. The number of hydrogen-bond donors (Lipinski definition) is 2. The Morgan fingerprint density at radius 2 is 1.87 bits per heavy atom. The lowest BCUT2D eigenvalue weighted by Crippen LogP contribution is -2.14. The molecule has 0 aliphatic carbocycles. The number of nitrogens with zero attached hydrogens (tertiary/aromatic N) is 4. The molecule has 4 rings (SSSR count). The number of aromatic nitrogens is 4. The van der Waals surface area contributed by atoms with Gasteiger partial charge in [0.15, 0.2) is 5.82 Å². The summed E-state index contributed by atoms with van der Waals surface area (Å²) in [6, 6.07) is 18.7. The molecule has 2 aromatic heterocycles. The first kappa shape index (κ1) is 20.2. The number of carbonyl (C=O) groups excluding carboxylic acids is 1. The predicted molar refractivity (Wildman–Crippen MR) is 117 cm³/mol. The van der Waals surface area contributed by atoms with Crippen LogP contribution in [0.1, 0.15) is 21.5 Å². The number of carbonyl (C=O) groups is 1. The highest BCUT2D eigenvalue weighted by atomic mass is 16.5. The summed E-state index contributed by atoms with van der Waals surface area (Å²) in [4.78, 5) is 20.8. The van der Waals surface area contributed by atoms with Crippen molar-refractivity contribution in [3.8, 4) is 11.6 Å². The zero-order chi connectivity index (χ0) is 21.5.